The second kappa shape index (κ2) is 10.4. The van der Waals surface area contributed by atoms with Crippen molar-refractivity contribution in [2.45, 2.75) is 71.6 Å². The van der Waals surface area contributed by atoms with Gasteiger partial charge in [-0.05, 0) is 56.8 Å². The lowest BCUT2D eigenvalue weighted by Crippen LogP contribution is -2.20. The van der Waals surface area contributed by atoms with Crippen molar-refractivity contribution in [2.24, 2.45) is 17.8 Å². The van der Waals surface area contributed by atoms with E-state index in [1.54, 1.807) is 0 Å². The van der Waals surface area contributed by atoms with Gasteiger partial charge in [0.25, 0.3) is 0 Å². The molecule has 2 heteroatoms. The smallest absolute Gasteiger partial charge is 0.0462 e. The van der Waals surface area contributed by atoms with E-state index in [4.69, 9.17) is 5.11 Å². The lowest BCUT2D eigenvalue weighted by molar-refractivity contribution is 0.155. The van der Waals surface area contributed by atoms with Crippen LogP contribution in [-0.2, 0) is 0 Å². The predicted molar refractivity (Wildman–Crippen MR) is 85.6 cm³/mol. The Bertz CT molecular complexity index is 273. The van der Waals surface area contributed by atoms with Crippen molar-refractivity contribution >= 4 is 0 Å². The molecule has 0 bridgehead atoms. The molecule has 20 heavy (non-hydrogen) atoms. The van der Waals surface area contributed by atoms with Gasteiger partial charge in [0.2, 0.25) is 0 Å². The van der Waals surface area contributed by atoms with Crippen LogP contribution in [0.3, 0.4) is 0 Å². The molecule has 0 aliphatic heterocycles. The zero-order valence-corrected chi connectivity index (χ0v) is 13.5. The minimum atomic E-state index is 0.321. The summed E-state index contributed by atoms with van der Waals surface area (Å²) in [6.07, 6.45) is 13.4. The molecule has 118 valence electrons. The molecule has 2 nitrogen and oxygen atoms in total. The summed E-state index contributed by atoms with van der Waals surface area (Å²) in [7, 11) is 0. The third kappa shape index (κ3) is 6.90. The number of hydrogen-bond acceptors (Lipinski definition) is 2. The maximum Gasteiger partial charge on any atom is 0.0462 e. The van der Waals surface area contributed by atoms with E-state index >= 15 is 0 Å². The Morgan fingerprint density at radius 2 is 1.80 bits per heavy atom. The molecule has 3 unspecified atom stereocenters. The summed E-state index contributed by atoms with van der Waals surface area (Å²) in [6.45, 7) is 5.01. The Hall–Kier alpha value is -0.340. The summed E-state index contributed by atoms with van der Waals surface area (Å²) in [5.41, 5.74) is 1.52. The molecule has 0 saturated carbocycles. The van der Waals surface area contributed by atoms with Gasteiger partial charge < -0.3 is 10.2 Å². The lowest BCUT2D eigenvalue weighted by Gasteiger charge is -2.28. The summed E-state index contributed by atoms with van der Waals surface area (Å²) in [5, 5.41) is 18.6. The molecule has 0 aromatic carbocycles. The average Bonchev–Trinajstić information content (AvgIpc) is 2.47. The van der Waals surface area contributed by atoms with Gasteiger partial charge in [-0.15, -0.1) is 0 Å². The van der Waals surface area contributed by atoms with Crippen molar-refractivity contribution in [1.82, 2.24) is 0 Å². The van der Waals surface area contributed by atoms with Crippen LogP contribution < -0.4 is 0 Å². The van der Waals surface area contributed by atoms with Crippen molar-refractivity contribution in [2.75, 3.05) is 13.2 Å². The second-order valence-corrected chi connectivity index (χ2v) is 6.81. The van der Waals surface area contributed by atoms with Crippen LogP contribution in [0.15, 0.2) is 11.6 Å². The van der Waals surface area contributed by atoms with E-state index in [-0.39, 0.29) is 0 Å². The van der Waals surface area contributed by atoms with E-state index in [1.807, 2.05) is 0 Å². The molecule has 1 aliphatic rings. The fraction of sp³-hybridized carbons (Fsp3) is 0.889. The van der Waals surface area contributed by atoms with E-state index in [2.05, 4.69) is 19.9 Å². The van der Waals surface area contributed by atoms with Crippen LogP contribution in [-0.4, -0.2) is 23.4 Å². The number of rotatable bonds is 10. The summed E-state index contributed by atoms with van der Waals surface area (Å²) in [5.74, 6) is 1.67. The zero-order valence-electron chi connectivity index (χ0n) is 13.5. The number of aliphatic hydroxyl groups is 2. The van der Waals surface area contributed by atoms with Gasteiger partial charge in [0, 0.05) is 13.2 Å². The fourth-order valence-corrected chi connectivity index (χ4v) is 3.23. The maximum absolute atomic E-state index is 9.60. The maximum atomic E-state index is 9.60. The van der Waals surface area contributed by atoms with Crippen LogP contribution in [0.2, 0.25) is 0 Å². The summed E-state index contributed by atoms with van der Waals surface area (Å²) in [6, 6.07) is 0. The van der Waals surface area contributed by atoms with E-state index in [0.717, 1.165) is 6.42 Å². The van der Waals surface area contributed by atoms with Gasteiger partial charge in [-0.2, -0.15) is 0 Å². The third-order valence-corrected chi connectivity index (χ3v) is 4.91. The molecule has 3 atom stereocenters. The summed E-state index contributed by atoms with van der Waals surface area (Å²) in [4.78, 5) is 0. The summed E-state index contributed by atoms with van der Waals surface area (Å²) >= 11 is 0. The van der Waals surface area contributed by atoms with E-state index in [0.29, 0.717) is 31.0 Å². The molecule has 2 N–H and O–H groups in total. The standard InChI is InChI=1S/C18H34O2/c1-15-9-11-17(12-10-15)18(14-20)8-6-4-3-5-7-16(2)13-19/h9,16-20H,3-8,10-14H2,1-2H3. The third-order valence-electron chi connectivity index (χ3n) is 4.91. The average molecular weight is 282 g/mol. The van der Waals surface area contributed by atoms with Gasteiger partial charge in [-0.3, -0.25) is 0 Å². The molecular weight excluding hydrogens is 248 g/mol. The first kappa shape index (κ1) is 17.7. The zero-order chi connectivity index (χ0) is 14.8. The normalized spacial score (nSPS) is 22.4. The van der Waals surface area contributed by atoms with Gasteiger partial charge in [0.1, 0.15) is 0 Å². The van der Waals surface area contributed by atoms with Crippen LogP contribution in [0, 0.1) is 17.8 Å². The van der Waals surface area contributed by atoms with Crippen molar-refractivity contribution < 1.29 is 10.2 Å². The minimum Gasteiger partial charge on any atom is -0.396 e. The Morgan fingerprint density at radius 1 is 1.10 bits per heavy atom. The molecule has 0 radical (unpaired) electrons. The first-order valence-corrected chi connectivity index (χ1v) is 8.54. The van der Waals surface area contributed by atoms with E-state index in [9.17, 15) is 5.11 Å². The van der Waals surface area contributed by atoms with E-state index in [1.165, 1.54) is 56.9 Å². The Kier molecular flexibility index (Phi) is 9.21. The molecule has 0 aromatic heterocycles. The largest absolute Gasteiger partial charge is 0.396 e. The highest BCUT2D eigenvalue weighted by atomic mass is 16.3. The minimum absolute atomic E-state index is 0.321. The van der Waals surface area contributed by atoms with Gasteiger partial charge in [0.05, 0.1) is 0 Å². The monoisotopic (exact) mass is 282 g/mol. The molecule has 0 amide bonds. The lowest BCUT2D eigenvalue weighted by atomic mass is 9.79. The molecule has 0 fully saturated rings. The van der Waals surface area contributed by atoms with Crippen LogP contribution in [0.25, 0.3) is 0 Å². The van der Waals surface area contributed by atoms with Gasteiger partial charge in [-0.1, -0.05) is 44.3 Å². The van der Waals surface area contributed by atoms with Crippen molar-refractivity contribution in [3.05, 3.63) is 11.6 Å². The van der Waals surface area contributed by atoms with Crippen LogP contribution in [0.1, 0.15) is 71.6 Å². The van der Waals surface area contributed by atoms with Crippen molar-refractivity contribution in [3.8, 4) is 0 Å². The SMILES string of the molecule is CC1=CCC(C(CO)CCCCCCC(C)CO)CC1. The molecule has 0 heterocycles. The Labute approximate surface area is 125 Å². The van der Waals surface area contributed by atoms with Crippen LogP contribution in [0.4, 0.5) is 0 Å². The highest BCUT2D eigenvalue weighted by molar-refractivity contribution is 5.03. The number of hydrogen-bond donors (Lipinski definition) is 2. The first-order valence-electron chi connectivity index (χ1n) is 8.54. The predicted octanol–water partition coefficient (Wildman–Crippen LogP) is 4.31. The van der Waals surface area contributed by atoms with E-state index < -0.39 is 0 Å². The van der Waals surface area contributed by atoms with Crippen LogP contribution in [0.5, 0.6) is 0 Å². The Balaban J connectivity index is 2.10. The topological polar surface area (TPSA) is 40.5 Å². The van der Waals surface area contributed by atoms with Gasteiger partial charge >= 0.3 is 0 Å². The quantitative estimate of drug-likeness (QED) is 0.463. The molecule has 1 aliphatic carbocycles. The van der Waals surface area contributed by atoms with Crippen LogP contribution >= 0.6 is 0 Å². The first-order chi connectivity index (χ1) is 9.67. The highest BCUT2D eigenvalue weighted by Gasteiger charge is 2.21. The Morgan fingerprint density at radius 3 is 2.35 bits per heavy atom. The number of allylic oxidation sites excluding steroid dienone is 2. The molecule has 0 saturated heterocycles. The molecular formula is C18H34O2. The number of aliphatic hydroxyl groups excluding tert-OH is 2. The molecule has 0 aromatic rings. The summed E-state index contributed by atoms with van der Waals surface area (Å²) < 4.78 is 0. The second-order valence-electron chi connectivity index (χ2n) is 6.81. The fourth-order valence-electron chi connectivity index (χ4n) is 3.23. The molecule has 0 spiro atoms. The van der Waals surface area contributed by atoms with Crippen molar-refractivity contribution in [1.29, 1.82) is 0 Å². The molecule has 1 rings (SSSR count). The number of unbranched alkanes of at least 4 members (excludes halogenated alkanes) is 3. The van der Waals surface area contributed by atoms with Crippen molar-refractivity contribution in [3.63, 3.8) is 0 Å². The highest BCUT2D eigenvalue weighted by Crippen LogP contribution is 2.32. The van der Waals surface area contributed by atoms with Gasteiger partial charge in [-0.25, -0.2) is 0 Å². The van der Waals surface area contributed by atoms with Gasteiger partial charge in [0.15, 0.2) is 0 Å².